The van der Waals surface area contributed by atoms with E-state index >= 15 is 0 Å². The van der Waals surface area contributed by atoms with Gasteiger partial charge in [0.1, 0.15) is 10.9 Å². The van der Waals surface area contributed by atoms with Crippen LogP contribution >= 0.6 is 23.2 Å². The van der Waals surface area contributed by atoms with Crippen LogP contribution < -0.4 is 21.7 Å². The molecule has 3 rings (SSSR count). The number of rotatable bonds is 13. The average Bonchev–Trinajstić information content (AvgIpc) is 3.33. The summed E-state index contributed by atoms with van der Waals surface area (Å²) >= 11 is 12.6. The third-order valence-electron chi connectivity index (χ3n) is 8.94. The fourth-order valence-electron chi connectivity index (χ4n) is 6.16. The van der Waals surface area contributed by atoms with Crippen LogP contribution in [0.1, 0.15) is 85.0 Å². The van der Waals surface area contributed by atoms with Crippen LogP contribution in [-0.4, -0.2) is 76.4 Å². The van der Waals surface area contributed by atoms with Gasteiger partial charge in [0.25, 0.3) is 5.91 Å². The Labute approximate surface area is 259 Å². The number of nitrogens with zero attached hydrogens (tertiary/aromatic N) is 1. The van der Waals surface area contributed by atoms with Gasteiger partial charge >= 0.3 is 6.03 Å². The molecule has 4 amide bonds. The molecule has 0 aromatic rings. The lowest BCUT2D eigenvalue weighted by Gasteiger charge is -2.37. The Hall–Kier alpha value is -2.17. The summed E-state index contributed by atoms with van der Waals surface area (Å²) in [4.78, 5) is 65.5. The minimum absolute atomic E-state index is 0.0655. The third-order valence-corrected chi connectivity index (χ3v) is 9.59. The molecule has 2 aliphatic carbocycles. The highest BCUT2D eigenvalue weighted by molar-refractivity contribution is 6.44. The smallest absolute Gasteiger partial charge is 0.315 e. The summed E-state index contributed by atoms with van der Waals surface area (Å²) in [5.74, 6) is -2.98. The van der Waals surface area contributed by atoms with Gasteiger partial charge in [0.05, 0.1) is 18.6 Å². The molecule has 3 fully saturated rings. The maximum Gasteiger partial charge on any atom is 0.315 e. The molecule has 0 aromatic carbocycles. The van der Waals surface area contributed by atoms with E-state index in [0.717, 1.165) is 56.9 Å². The molecular formula is C30H47Cl2N5O5. The molecular weight excluding hydrogens is 581 g/mol. The van der Waals surface area contributed by atoms with E-state index in [0.29, 0.717) is 6.42 Å². The van der Waals surface area contributed by atoms with Crippen LogP contribution in [0.4, 0.5) is 4.79 Å². The molecule has 3 aliphatic rings. The van der Waals surface area contributed by atoms with Crippen molar-refractivity contribution in [2.45, 2.75) is 114 Å². The highest BCUT2D eigenvalue weighted by Gasteiger charge is 2.48. The molecule has 0 radical (unpaired) electrons. The van der Waals surface area contributed by atoms with Crippen molar-refractivity contribution in [3.63, 3.8) is 0 Å². The molecule has 0 spiro atoms. The maximum atomic E-state index is 14.0. The van der Waals surface area contributed by atoms with Gasteiger partial charge in [0, 0.05) is 18.5 Å². The van der Waals surface area contributed by atoms with Gasteiger partial charge in [-0.1, -0.05) is 58.6 Å². The Bertz CT molecular complexity index is 1040. The van der Waals surface area contributed by atoms with Gasteiger partial charge in [-0.2, -0.15) is 0 Å². The molecule has 2 saturated carbocycles. The van der Waals surface area contributed by atoms with Crippen molar-refractivity contribution in [3.8, 4) is 0 Å². The van der Waals surface area contributed by atoms with Gasteiger partial charge in [-0.25, -0.2) is 4.79 Å². The van der Waals surface area contributed by atoms with Gasteiger partial charge in [-0.3, -0.25) is 24.5 Å². The highest BCUT2D eigenvalue weighted by Crippen LogP contribution is 2.36. The van der Waals surface area contributed by atoms with Crippen LogP contribution in [0.2, 0.25) is 0 Å². The van der Waals surface area contributed by atoms with E-state index in [1.54, 1.807) is 0 Å². The largest absolute Gasteiger partial charge is 0.363 e. The molecule has 0 aromatic heterocycles. The summed E-state index contributed by atoms with van der Waals surface area (Å²) in [6.45, 7) is 9.56. The molecule has 1 heterocycles. The second-order valence-electron chi connectivity index (χ2n) is 13.1. The van der Waals surface area contributed by atoms with E-state index < -0.39 is 63.7 Å². The van der Waals surface area contributed by atoms with Crippen molar-refractivity contribution in [2.75, 3.05) is 13.1 Å². The molecule has 42 heavy (non-hydrogen) atoms. The number of hydrogen-bond donors (Lipinski definition) is 4. The Kier molecular flexibility index (Phi) is 12.3. The summed E-state index contributed by atoms with van der Waals surface area (Å²) in [5, 5.41) is 8.76. The summed E-state index contributed by atoms with van der Waals surface area (Å²) in [6, 6.07) is -3.24. The number of nitrogens with one attached hydrogen (secondary N) is 3. The molecule has 4 atom stereocenters. The van der Waals surface area contributed by atoms with Gasteiger partial charge in [-0.15, -0.1) is 23.2 Å². The van der Waals surface area contributed by atoms with E-state index in [4.69, 9.17) is 28.9 Å². The van der Waals surface area contributed by atoms with Crippen LogP contribution in [0.25, 0.3) is 0 Å². The monoisotopic (exact) mass is 627 g/mol. The predicted octanol–water partition coefficient (Wildman–Crippen LogP) is 3.38. The van der Waals surface area contributed by atoms with Crippen molar-refractivity contribution in [2.24, 2.45) is 23.0 Å². The summed E-state index contributed by atoms with van der Waals surface area (Å²) in [6.07, 6.45) is 8.69. The predicted molar refractivity (Wildman–Crippen MR) is 163 cm³/mol. The quantitative estimate of drug-likeness (QED) is 0.140. The standard InChI is InChI=1S/C30H47Cl2N5O5/c1-17(18-9-8-10-18)15-21(24(39)27(33)40)34-16-22(38)23-20(26(31)32)13-14-37(23)28(41)25(30(2,3)4)36-29(42)35-19-11-6-5-7-12-19/h18-21,23,25-26,34H,1,5-16H2,2-4H3,(H2,33,40)(H2,35,36,42)/t20-,21?,23-,25+/m0/s1. The summed E-state index contributed by atoms with van der Waals surface area (Å²) in [7, 11) is 0. The van der Waals surface area contributed by atoms with Crippen LogP contribution in [0.5, 0.6) is 0 Å². The average molecular weight is 629 g/mol. The number of carbonyl (C=O) groups is 5. The van der Waals surface area contributed by atoms with Crippen LogP contribution in [0.3, 0.4) is 0 Å². The Balaban J connectivity index is 1.74. The van der Waals surface area contributed by atoms with Crippen molar-refractivity contribution in [3.05, 3.63) is 12.2 Å². The number of nitrogens with two attached hydrogens (primary N) is 1. The minimum Gasteiger partial charge on any atom is -0.363 e. The SMILES string of the molecule is C=C(CC(NCC(=O)[C@@H]1[C@@H](C(Cl)Cl)CCN1C(=O)[C@@H](NC(=O)NC1CCCCC1)C(C)(C)C)C(=O)C(N)=O)C1CCC1. The fraction of sp³-hybridized carbons (Fsp3) is 0.767. The van der Waals surface area contributed by atoms with Crippen molar-refractivity contribution in [1.82, 2.24) is 20.9 Å². The Morgan fingerprint density at radius 2 is 1.62 bits per heavy atom. The van der Waals surface area contributed by atoms with Gasteiger partial charge in [0.2, 0.25) is 11.7 Å². The summed E-state index contributed by atoms with van der Waals surface area (Å²) < 4.78 is 0. The number of alkyl halides is 2. The molecule has 1 saturated heterocycles. The number of amides is 4. The van der Waals surface area contributed by atoms with Crippen LogP contribution in [-0.2, 0) is 19.2 Å². The zero-order valence-electron chi connectivity index (χ0n) is 25.1. The van der Waals surface area contributed by atoms with E-state index in [2.05, 4.69) is 22.5 Å². The second-order valence-corrected chi connectivity index (χ2v) is 14.3. The zero-order chi connectivity index (χ0) is 31.2. The number of halogens is 2. The molecule has 1 aliphatic heterocycles. The molecule has 0 bridgehead atoms. The number of primary amides is 1. The van der Waals surface area contributed by atoms with Crippen LogP contribution in [0, 0.1) is 17.3 Å². The van der Waals surface area contributed by atoms with Crippen molar-refractivity contribution in [1.29, 1.82) is 0 Å². The first-order chi connectivity index (χ1) is 19.7. The topological polar surface area (TPSA) is 151 Å². The summed E-state index contributed by atoms with van der Waals surface area (Å²) in [5.41, 5.74) is 5.47. The first-order valence-electron chi connectivity index (χ1n) is 15.1. The third kappa shape index (κ3) is 8.92. The number of hydrogen-bond acceptors (Lipinski definition) is 6. The maximum absolute atomic E-state index is 14.0. The second kappa shape index (κ2) is 15.0. The Morgan fingerprint density at radius 3 is 2.14 bits per heavy atom. The normalized spacial score (nSPS) is 23.1. The fourth-order valence-corrected chi connectivity index (χ4v) is 6.69. The highest BCUT2D eigenvalue weighted by atomic mass is 35.5. The molecule has 236 valence electrons. The Morgan fingerprint density at radius 1 is 0.976 bits per heavy atom. The van der Waals surface area contributed by atoms with Gasteiger partial charge in [0.15, 0.2) is 5.78 Å². The lowest BCUT2D eigenvalue weighted by molar-refractivity contribution is -0.142. The van der Waals surface area contributed by atoms with Crippen molar-refractivity contribution < 1.29 is 24.0 Å². The lowest BCUT2D eigenvalue weighted by Crippen LogP contribution is -2.60. The molecule has 5 N–H and O–H groups in total. The number of likely N-dealkylation sites (tertiary alicyclic amines) is 1. The minimum atomic E-state index is -1.09. The van der Waals surface area contributed by atoms with Crippen molar-refractivity contribution >= 4 is 52.6 Å². The molecule has 10 nitrogen and oxygen atoms in total. The van der Waals surface area contributed by atoms with Gasteiger partial charge < -0.3 is 21.3 Å². The number of urea groups is 1. The first-order valence-corrected chi connectivity index (χ1v) is 16.0. The number of carbonyl (C=O) groups excluding carboxylic acids is 5. The van der Waals surface area contributed by atoms with E-state index in [1.165, 1.54) is 4.90 Å². The van der Waals surface area contributed by atoms with Gasteiger partial charge in [-0.05, 0) is 49.9 Å². The zero-order valence-corrected chi connectivity index (χ0v) is 26.6. The lowest BCUT2D eigenvalue weighted by atomic mass is 9.78. The molecule has 12 heteroatoms. The first kappa shape index (κ1) is 34.3. The number of ketones is 2. The number of Topliss-reactive ketones (excluding diaryl/α,β-unsaturated/α-hetero) is 2. The van der Waals surface area contributed by atoms with E-state index in [9.17, 15) is 24.0 Å². The van der Waals surface area contributed by atoms with E-state index in [1.807, 2.05) is 20.8 Å². The van der Waals surface area contributed by atoms with Crippen LogP contribution in [0.15, 0.2) is 12.2 Å². The molecule has 1 unspecified atom stereocenters. The van der Waals surface area contributed by atoms with E-state index in [-0.39, 0.29) is 31.5 Å².